The van der Waals surface area contributed by atoms with Crippen LogP contribution in [0.4, 0.5) is 0 Å². The van der Waals surface area contributed by atoms with Gasteiger partial charge in [0, 0.05) is 60.9 Å². The maximum Gasteiger partial charge on any atom is 1.00 e. The standard InChI is InChI=1S/C25H25ClN2O2.C16H20ClNO2.C9H6BrN.CH4.Na.H/c1-2-21(28-25(29)15-7-9-16(26)10-8-15)24-19-13-17(14-20(19)24)30-23-11-12-27-22-6-4-3-5-18(22)23;1-2-14(15-12-7-11(19)8-13(12)15)18-16(20)9-3-5-10(17)6-4-9;10-8-5-6-11-9-4-2-1-3-7(8)9;;;/h3-12,17,19-21,24H,2,13-14H2,1H3,(H,28,29);3-6,11-15,19H,2,7-8H2,1H3,(H,18,20);1-6H;1H4;;/q;;;;+1;-1/t17?,19-,20+,21?,24?;11?,12-,13+,14?,15?;;;;. The first-order valence-corrected chi connectivity index (χ1v) is 23.0. The van der Waals surface area contributed by atoms with E-state index in [1.807, 2.05) is 60.8 Å². The van der Waals surface area contributed by atoms with Crippen LogP contribution in [0.1, 0.15) is 81.9 Å². The quantitative estimate of drug-likeness (QED) is 0.118. The van der Waals surface area contributed by atoms with E-state index in [9.17, 15) is 14.7 Å². The van der Waals surface area contributed by atoms with Crippen molar-refractivity contribution in [3.05, 3.63) is 147 Å². The Morgan fingerprint density at radius 1 is 0.683 bits per heavy atom. The van der Waals surface area contributed by atoms with Gasteiger partial charge >= 0.3 is 29.6 Å². The van der Waals surface area contributed by atoms with Gasteiger partial charge in [0.25, 0.3) is 11.8 Å². The SMILES string of the molecule is Brc1ccnc2ccccc12.C.CCC(NC(=O)c1ccc(Cl)cc1)C1[C@H]2CC(O)C[C@@H]12.CCC(NC(=O)c1ccc(Cl)cc1)C1[C@H]2CC(Oc3ccnc4ccccc34)C[C@@H]12.[H-].[Na+]. The van der Waals surface area contributed by atoms with E-state index >= 15 is 0 Å². The molecule has 6 aromatic rings. The third-order valence-corrected chi connectivity index (χ3v) is 14.3. The molecule has 6 unspecified atom stereocenters. The Morgan fingerprint density at radius 3 is 1.59 bits per heavy atom. The normalized spacial score (nSPS) is 24.3. The summed E-state index contributed by atoms with van der Waals surface area (Å²) in [5.41, 5.74) is 3.31. The van der Waals surface area contributed by atoms with E-state index < -0.39 is 0 Å². The van der Waals surface area contributed by atoms with E-state index in [2.05, 4.69) is 56.4 Å². The van der Waals surface area contributed by atoms with Crippen LogP contribution in [0.2, 0.25) is 10.0 Å². The second-order valence-corrected chi connectivity index (χ2v) is 18.5. The van der Waals surface area contributed by atoms with E-state index in [1.165, 1.54) is 0 Å². The third-order valence-electron chi connectivity index (χ3n) is 13.1. The van der Waals surface area contributed by atoms with Crippen LogP contribution in [-0.4, -0.2) is 51.2 Å². The number of amides is 2. The number of carbonyl (C=O) groups excluding carboxylic acids is 2. The minimum absolute atomic E-state index is 0. The number of hydrogen-bond donors (Lipinski definition) is 3. The molecule has 12 heteroatoms. The van der Waals surface area contributed by atoms with Crippen molar-refractivity contribution in [1.82, 2.24) is 20.6 Å². The fourth-order valence-electron chi connectivity index (χ4n) is 10.1. The topological polar surface area (TPSA) is 113 Å². The smallest absolute Gasteiger partial charge is 1.00 e. The number of nitrogens with zero attached hydrogens (tertiary/aromatic N) is 2. The number of pyridine rings is 2. The Hall–Kier alpha value is -3.54. The van der Waals surface area contributed by atoms with Crippen LogP contribution in [0.25, 0.3) is 21.8 Å². The molecule has 63 heavy (non-hydrogen) atoms. The Morgan fingerprint density at radius 2 is 1.11 bits per heavy atom. The van der Waals surface area contributed by atoms with Gasteiger partial charge in [0.1, 0.15) is 5.75 Å². The number of aliphatic hydroxyl groups excluding tert-OH is 1. The van der Waals surface area contributed by atoms with Gasteiger partial charge in [0.15, 0.2) is 0 Å². The number of ether oxygens (including phenoxy) is 1. The van der Waals surface area contributed by atoms with Gasteiger partial charge in [0.05, 0.1) is 23.2 Å². The number of aliphatic hydroxyl groups is 1. The van der Waals surface area contributed by atoms with Crippen LogP contribution >= 0.6 is 39.1 Å². The zero-order valence-electron chi connectivity index (χ0n) is 36.3. The number of benzene rings is 4. The largest absolute Gasteiger partial charge is 1.00 e. The van der Waals surface area contributed by atoms with E-state index in [4.69, 9.17) is 27.9 Å². The number of fused-ring (bicyclic) bond motifs is 4. The van der Waals surface area contributed by atoms with Crippen LogP contribution in [0.15, 0.2) is 126 Å². The molecule has 10 atom stereocenters. The molecule has 10 rings (SSSR count). The van der Waals surface area contributed by atoms with Gasteiger partial charge in [-0.05, 0) is 153 Å². The van der Waals surface area contributed by atoms with Crippen LogP contribution in [0.3, 0.4) is 0 Å². The summed E-state index contributed by atoms with van der Waals surface area (Å²) < 4.78 is 7.47. The molecule has 0 radical (unpaired) electrons. The van der Waals surface area contributed by atoms with Crippen molar-refractivity contribution in [3.8, 4) is 5.75 Å². The average molecular weight is 963 g/mol. The Balaban J connectivity index is 0.000000196. The van der Waals surface area contributed by atoms with Gasteiger partial charge in [-0.3, -0.25) is 19.6 Å². The molecule has 0 aliphatic heterocycles. The molecular weight excluding hydrogens is 906 g/mol. The van der Waals surface area contributed by atoms with Gasteiger partial charge in [0.2, 0.25) is 0 Å². The van der Waals surface area contributed by atoms with Crippen LogP contribution in [0.5, 0.6) is 5.75 Å². The first-order chi connectivity index (χ1) is 29.6. The number of para-hydroxylation sites is 2. The van der Waals surface area contributed by atoms with Crippen molar-refractivity contribution in [1.29, 1.82) is 0 Å². The summed E-state index contributed by atoms with van der Waals surface area (Å²) >= 11 is 15.2. The summed E-state index contributed by atoms with van der Waals surface area (Å²) in [6.45, 7) is 4.26. The van der Waals surface area contributed by atoms with E-state index in [-0.39, 0.29) is 74.5 Å². The van der Waals surface area contributed by atoms with Crippen LogP contribution in [0, 0.1) is 35.5 Å². The molecule has 2 aromatic heterocycles. The fourth-order valence-corrected chi connectivity index (χ4v) is 10.8. The number of nitrogens with one attached hydrogen (secondary N) is 2. The number of hydrogen-bond acceptors (Lipinski definition) is 6. The molecule has 4 aliphatic rings. The fraction of sp³-hybridized carbons (Fsp3) is 0.373. The zero-order chi connectivity index (χ0) is 42.6. The van der Waals surface area contributed by atoms with Gasteiger partial charge < -0.3 is 21.9 Å². The maximum absolute atomic E-state index is 12.6. The number of halogens is 3. The molecule has 8 nitrogen and oxygen atoms in total. The summed E-state index contributed by atoms with van der Waals surface area (Å²) in [7, 11) is 0. The Kier molecular flexibility index (Phi) is 17.2. The molecule has 0 bridgehead atoms. The molecule has 3 N–H and O–H groups in total. The van der Waals surface area contributed by atoms with E-state index in [0.29, 0.717) is 56.7 Å². The van der Waals surface area contributed by atoms with Crippen molar-refractivity contribution in [3.63, 3.8) is 0 Å². The number of aromatic nitrogens is 2. The monoisotopic (exact) mass is 960 g/mol. The maximum atomic E-state index is 12.6. The first-order valence-electron chi connectivity index (χ1n) is 21.4. The van der Waals surface area contributed by atoms with Crippen LogP contribution < -0.4 is 44.9 Å². The Labute approximate surface area is 413 Å². The third kappa shape index (κ3) is 11.7. The van der Waals surface area contributed by atoms with Gasteiger partial charge in [-0.25, -0.2) is 0 Å². The molecule has 326 valence electrons. The van der Waals surface area contributed by atoms with Crippen molar-refractivity contribution >= 4 is 72.8 Å². The minimum atomic E-state index is -0.120. The number of rotatable bonds is 10. The predicted molar refractivity (Wildman–Crippen MR) is 255 cm³/mol. The molecule has 2 heterocycles. The van der Waals surface area contributed by atoms with Gasteiger partial charge in [-0.2, -0.15) is 0 Å². The first kappa shape index (κ1) is 48.9. The van der Waals surface area contributed by atoms with Crippen molar-refractivity contribution < 1.29 is 50.4 Å². The second kappa shape index (κ2) is 22.1. The summed E-state index contributed by atoms with van der Waals surface area (Å²) in [6, 6.07) is 34.5. The predicted octanol–water partition coefficient (Wildman–Crippen LogP) is 9.12. The molecule has 4 saturated carbocycles. The van der Waals surface area contributed by atoms with E-state index in [0.717, 1.165) is 70.6 Å². The zero-order valence-corrected chi connectivity index (χ0v) is 40.4. The summed E-state index contributed by atoms with van der Waals surface area (Å²) in [4.78, 5) is 33.5. The molecule has 0 spiro atoms. The average Bonchev–Trinajstić information content (AvgIpc) is 4.00. The van der Waals surface area contributed by atoms with Crippen molar-refractivity contribution in [2.75, 3.05) is 0 Å². The molecule has 4 fully saturated rings. The van der Waals surface area contributed by atoms with Crippen molar-refractivity contribution in [2.24, 2.45) is 35.5 Å². The summed E-state index contributed by atoms with van der Waals surface area (Å²) in [5, 5.41) is 19.5. The molecule has 4 aromatic carbocycles. The van der Waals surface area contributed by atoms with Crippen molar-refractivity contribution in [2.45, 2.75) is 84.1 Å². The molecule has 0 saturated heterocycles. The number of carbonyl (C=O) groups is 2. The molecule has 4 aliphatic carbocycles. The molecule has 2 amide bonds. The minimum Gasteiger partial charge on any atom is -1.00 e. The van der Waals surface area contributed by atoms with Crippen LogP contribution in [-0.2, 0) is 0 Å². The Bertz CT molecular complexity index is 2450. The summed E-state index contributed by atoms with van der Waals surface area (Å²) in [6.07, 6.45) is 9.54. The van der Waals surface area contributed by atoms with E-state index in [1.54, 1.807) is 54.7 Å². The summed E-state index contributed by atoms with van der Waals surface area (Å²) in [5.74, 6) is 4.49. The second-order valence-electron chi connectivity index (χ2n) is 16.8. The van der Waals surface area contributed by atoms with Gasteiger partial charge in [-0.1, -0.05) is 90.7 Å². The van der Waals surface area contributed by atoms with Gasteiger partial charge in [-0.15, -0.1) is 0 Å². The molecular formula is C51H56BrCl2N4NaO4.